The molecular formula is C10H16O. The predicted molar refractivity (Wildman–Crippen MR) is 46.4 cm³/mol. The average molecular weight is 152 g/mol. The lowest BCUT2D eigenvalue weighted by Gasteiger charge is -2.13. The van der Waals surface area contributed by atoms with Crippen LogP contribution < -0.4 is 0 Å². The van der Waals surface area contributed by atoms with Gasteiger partial charge >= 0.3 is 0 Å². The molecule has 0 saturated heterocycles. The minimum atomic E-state index is 0.380. The summed E-state index contributed by atoms with van der Waals surface area (Å²) < 4.78 is 0. The van der Waals surface area contributed by atoms with Gasteiger partial charge in [0, 0.05) is 6.42 Å². The maximum absolute atomic E-state index is 11.3. The van der Waals surface area contributed by atoms with Gasteiger partial charge in [-0.05, 0) is 30.8 Å². The second-order valence-electron chi connectivity index (χ2n) is 3.57. The molecule has 0 bridgehead atoms. The Morgan fingerprint density at radius 1 is 1.27 bits per heavy atom. The van der Waals surface area contributed by atoms with Crippen molar-refractivity contribution in [2.45, 2.75) is 39.5 Å². The van der Waals surface area contributed by atoms with Crippen LogP contribution in [0.3, 0.4) is 0 Å². The number of rotatable bonds is 1. The summed E-state index contributed by atoms with van der Waals surface area (Å²) in [7, 11) is 0. The normalized spacial score (nSPS) is 23.2. The smallest absolute Gasteiger partial charge is 0.158 e. The van der Waals surface area contributed by atoms with Gasteiger partial charge in [0.2, 0.25) is 0 Å². The number of hydrogen-bond donors (Lipinski definition) is 0. The highest BCUT2D eigenvalue weighted by molar-refractivity contribution is 5.95. The fraction of sp³-hybridized carbons (Fsp3) is 0.700. The van der Waals surface area contributed by atoms with Crippen LogP contribution in [0.25, 0.3) is 0 Å². The molecule has 11 heavy (non-hydrogen) atoms. The minimum absolute atomic E-state index is 0.380. The highest BCUT2D eigenvalue weighted by Crippen LogP contribution is 2.20. The molecule has 0 spiro atoms. The van der Waals surface area contributed by atoms with Crippen molar-refractivity contribution in [3.63, 3.8) is 0 Å². The Hall–Kier alpha value is -0.590. The van der Waals surface area contributed by atoms with E-state index >= 15 is 0 Å². The van der Waals surface area contributed by atoms with E-state index in [1.54, 1.807) is 0 Å². The fourth-order valence-electron chi connectivity index (χ4n) is 1.48. The molecule has 0 amide bonds. The van der Waals surface area contributed by atoms with E-state index in [0.717, 1.165) is 24.8 Å². The van der Waals surface area contributed by atoms with Gasteiger partial charge in [-0.3, -0.25) is 4.79 Å². The number of allylic oxidation sites excluding steroid dienone is 2. The molecule has 1 aliphatic rings. The van der Waals surface area contributed by atoms with Crippen molar-refractivity contribution in [2.24, 2.45) is 5.92 Å². The van der Waals surface area contributed by atoms with Crippen LogP contribution in [-0.2, 0) is 4.79 Å². The topological polar surface area (TPSA) is 17.1 Å². The van der Waals surface area contributed by atoms with Crippen LogP contribution in [0.4, 0.5) is 0 Å². The Balaban J connectivity index is 2.61. The van der Waals surface area contributed by atoms with Gasteiger partial charge in [0.25, 0.3) is 0 Å². The quantitative estimate of drug-likeness (QED) is 0.528. The third-order valence-electron chi connectivity index (χ3n) is 1.99. The van der Waals surface area contributed by atoms with E-state index in [9.17, 15) is 4.79 Å². The molecule has 0 atom stereocenters. The molecule has 1 nitrogen and oxygen atoms in total. The van der Waals surface area contributed by atoms with Crippen LogP contribution in [0.5, 0.6) is 0 Å². The molecule has 0 N–H and O–H groups in total. The summed E-state index contributed by atoms with van der Waals surface area (Å²) in [5.74, 6) is 0.900. The standard InChI is InChI=1S/C10H16O/c1-8(2)7-9-5-3-4-6-10(9)11/h7-8H,3-6H2,1-2H3/b9-7+. The lowest BCUT2D eigenvalue weighted by atomic mass is 9.91. The van der Waals surface area contributed by atoms with Gasteiger partial charge in [0.05, 0.1) is 0 Å². The van der Waals surface area contributed by atoms with Crippen LogP contribution >= 0.6 is 0 Å². The summed E-state index contributed by atoms with van der Waals surface area (Å²) in [6, 6.07) is 0. The van der Waals surface area contributed by atoms with E-state index in [4.69, 9.17) is 0 Å². The molecule has 62 valence electrons. The lowest BCUT2D eigenvalue weighted by Crippen LogP contribution is -2.09. The van der Waals surface area contributed by atoms with Gasteiger partial charge in [-0.1, -0.05) is 19.9 Å². The third kappa shape index (κ3) is 2.49. The zero-order valence-corrected chi connectivity index (χ0v) is 7.39. The summed E-state index contributed by atoms with van der Waals surface area (Å²) >= 11 is 0. The second kappa shape index (κ2) is 3.70. The molecule has 1 aliphatic carbocycles. The van der Waals surface area contributed by atoms with E-state index in [-0.39, 0.29) is 0 Å². The third-order valence-corrected chi connectivity index (χ3v) is 1.99. The van der Waals surface area contributed by atoms with Crippen molar-refractivity contribution in [3.8, 4) is 0 Å². The summed E-state index contributed by atoms with van der Waals surface area (Å²) in [4.78, 5) is 11.3. The summed E-state index contributed by atoms with van der Waals surface area (Å²) in [6.45, 7) is 4.24. The first-order valence-electron chi connectivity index (χ1n) is 4.44. The fourth-order valence-corrected chi connectivity index (χ4v) is 1.48. The Labute approximate surface area is 68.5 Å². The van der Waals surface area contributed by atoms with Crippen LogP contribution in [0.1, 0.15) is 39.5 Å². The molecule has 0 radical (unpaired) electrons. The van der Waals surface area contributed by atoms with Crippen LogP contribution in [0, 0.1) is 5.92 Å². The zero-order chi connectivity index (χ0) is 8.27. The molecule has 1 rings (SSSR count). The highest BCUT2D eigenvalue weighted by Gasteiger charge is 2.14. The van der Waals surface area contributed by atoms with Crippen LogP contribution in [-0.4, -0.2) is 5.78 Å². The number of ketones is 1. The first-order chi connectivity index (χ1) is 5.20. The monoisotopic (exact) mass is 152 g/mol. The molecule has 0 heterocycles. The molecule has 1 heteroatoms. The summed E-state index contributed by atoms with van der Waals surface area (Å²) in [5, 5.41) is 0. The van der Waals surface area contributed by atoms with Crippen LogP contribution in [0.15, 0.2) is 11.6 Å². The van der Waals surface area contributed by atoms with Crippen LogP contribution in [0.2, 0.25) is 0 Å². The number of carbonyl (C=O) groups is 1. The van der Waals surface area contributed by atoms with Gasteiger partial charge in [0.15, 0.2) is 5.78 Å². The zero-order valence-electron chi connectivity index (χ0n) is 7.39. The largest absolute Gasteiger partial charge is 0.295 e. The van der Waals surface area contributed by atoms with Crippen molar-refractivity contribution in [2.75, 3.05) is 0 Å². The Morgan fingerprint density at radius 2 is 1.91 bits per heavy atom. The molecule has 1 fully saturated rings. The molecule has 0 aromatic carbocycles. The van der Waals surface area contributed by atoms with Crippen molar-refractivity contribution in [3.05, 3.63) is 11.6 Å². The summed E-state index contributed by atoms with van der Waals surface area (Å²) in [5.41, 5.74) is 1.08. The van der Waals surface area contributed by atoms with E-state index in [1.165, 1.54) is 6.42 Å². The van der Waals surface area contributed by atoms with Crippen molar-refractivity contribution < 1.29 is 4.79 Å². The Kier molecular flexibility index (Phi) is 2.86. The molecule has 0 aromatic rings. The maximum atomic E-state index is 11.3. The highest BCUT2D eigenvalue weighted by atomic mass is 16.1. The number of carbonyl (C=O) groups excluding carboxylic acids is 1. The van der Waals surface area contributed by atoms with Gasteiger partial charge in [-0.15, -0.1) is 0 Å². The Morgan fingerprint density at radius 3 is 2.45 bits per heavy atom. The first kappa shape index (κ1) is 8.51. The SMILES string of the molecule is CC(C)/C=C1\CCCCC1=O. The first-order valence-corrected chi connectivity index (χ1v) is 4.44. The number of Topliss-reactive ketones (excluding diaryl/α,β-unsaturated/α-hetero) is 1. The predicted octanol–water partition coefficient (Wildman–Crippen LogP) is 2.71. The molecule has 0 aromatic heterocycles. The molecule has 0 aliphatic heterocycles. The van der Waals surface area contributed by atoms with Crippen molar-refractivity contribution in [1.82, 2.24) is 0 Å². The average Bonchev–Trinajstić information content (AvgIpc) is 1.93. The Bertz CT molecular complexity index is 177. The molecule has 0 unspecified atom stereocenters. The number of hydrogen-bond acceptors (Lipinski definition) is 1. The lowest BCUT2D eigenvalue weighted by molar-refractivity contribution is -0.116. The minimum Gasteiger partial charge on any atom is -0.295 e. The van der Waals surface area contributed by atoms with Gasteiger partial charge in [-0.25, -0.2) is 0 Å². The summed E-state index contributed by atoms with van der Waals surface area (Å²) in [6.07, 6.45) is 6.19. The van der Waals surface area contributed by atoms with Gasteiger partial charge in [-0.2, -0.15) is 0 Å². The van der Waals surface area contributed by atoms with E-state index in [1.807, 2.05) is 0 Å². The van der Waals surface area contributed by atoms with Crippen molar-refractivity contribution in [1.29, 1.82) is 0 Å². The van der Waals surface area contributed by atoms with E-state index in [0.29, 0.717) is 11.7 Å². The van der Waals surface area contributed by atoms with E-state index in [2.05, 4.69) is 19.9 Å². The maximum Gasteiger partial charge on any atom is 0.158 e. The van der Waals surface area contributed by atoms with Crippen molar-refractivity contribution >= 4 is 5.78 Å². The van der Waals surface area contributed by atoms with Gasteiger partial charge in [0.1, 0.15) is 0 Å². The van der Waals surface area contributed by atoms with Gasteiger partial charge < -0.3 is 0 Å². The second-order valence-corrected chi connectivity index (χ2v) is 3.57. The molecular weight excluding hydrogens is 136 g/mol. The van der Waals surface area contributed by atoms with E-state index < -0.39 is 0 Å². The molecule has 1 saturated carbocycles.